The maximum absolute atomic E-state index is 11.5. The number of carbonyl (C=O) groups excluding carboxylic acids is 1. The van der Waals surface area contributed by atoms with Crippen LogP contribution < -0.4 is 5.32 Å². The number of amides is 1. The van der Waals surface area contributed by atoms with Crippen LogP contribution in [0.4, 0.5) is 5.69 Å². The van der Waals surface area contributed by atoms with E-state index in [1.54, 1.807) is 6.92 Å². The number of nitrogens with one attached hydrogen (secondary N) is 1. The molecule has 1 aromatic rings. The monoisotopic (exact) mass is 271 g/mol. The van der Waals surface area contributed by atoms with Crippen molar-refractivity contribution in [1.29, 1.82) is 0 Å². The van der Waals surface area contributed by atoms with E-state index in [2.05, 4.69) is 31.3 Å². The predicted octanol–water partition coefficient (Wildman–Crippen LogP) is 4.66. The fourth-order valence-electron chi connectivity index (χ4n) is 4.54. The second kappa shape index (κ2) is 4.91. The molecule has 1 fully saturated rings. The molecule has 0 radical (unpaired) electrons. The fraction of sp³-hybridized carbons (Fsp3) is 0.611. The Morgan fingerprint density at radius 3 is 2.60 bits per heavy atom. The number of aryl methyl sites for hydroxylation is 1. The average molecular weight is 271 g/mol. The first kappa shape index (κ1) is 13.7. The minimum absolute atomic E-state index is 0.0401. The van der Waals surface area contributed by atoms with Crippen molar-refractivity contribution in [2.24, 2.45) is 0 Å². The molecule has 2 aliphatic rings. The first-order valence-corrected chi connectivity index (χ1v) is 7.95. The summed E-state index contributed by atoms with van der Waals surface area (Å²) in [4.78, 5) is 11.5. The normalized spacial score (nSPS) is 23.6. The standard InChI is InChI=1S/C18H25NO/c1-12-7-8-15-16(17(12)19-14(3)20)13(2)11-18(15)9-5-4-6-10-18/h7-8,13H,4-6,9-11H2,1-3H3,(H,19,20). The molecule has 1 N–H and O–H groups in total. The number of rotatable bonds is 1. The summed E-state index contributed by atoms with van der Waals surface area (Å²) in [5.41, 5.74) is 5.62. The molecule has 0 bridgehead atoms. The second-order valence-electron chi connectivity index (χ2n) is 6.85. The maximum atomic E-state index is 11.5. The summed E-state index contributed by atoms with van der Waals surface area (Å²) in [6.07, 6.45) is 8.01. The van der Waals surface area contributed by atoms with E-state index in [1.807, 2.05) is 0 Å². The Bertz CT molecular complexity index is 541. The molecule has 2 aliphatic carbocycles. The van der Waals surface area contributed by atoms with Crippen molar-refractivity contribution >= 4 is 11.6 Å². The minimum Gasteiger partial charge on any atom is -0.326 e. The lowest BCUT2D eigenvalue weighted by molar-refractivity contribution is -0.114. The van der Waals surface area contributed by atoms with Gasteiger partial charge >= 0.3 is 0 Å². The summed E-state index contributed by atoms with van der Waals surface area (Å²) >= 11 is 0. The van der Waals surface area contributed by atoms with Gasteiger partial charge in [-0.25, -0.2) is 0 Å². The Kier molecular flexibility index (Phi) is 3.35. The van der Waals surface area contributed by atoms with Crippen LogP contribution in [-0.4, -0.2) is 5.91 Å². The van der Waals surface area contributed by atoms with Crippen molar-refractivity contribution in [3.8, 4) is 0 Å². The van der Waals surface area contributed by atoms with E-state index in [1.165, 1.54) is 55.2 Å². The van der Waals surface area contributed by atoms with Gasteiger partial charge in [0, 0.05) is 12.6 Å². The second-order valence-corrected chi connectivity index (χ2v) is 6.85. The maximum Gasteiger partial charge on any atom is 0.221 e. The number of benzene rings is 1. The van der Waals surface area contributed by atoms with Gasteiger partial charge < -0.3 is 5.32 Å². The van der Waals surface area contributed by atoms with E-state index < -0.39 is 0 Å². The molecule has 1 amide bonds. The lowest BCUT2D eigenvalue weighted by atomic mass is 9.70. The van der Waals surface area contributed by atoms with Crippen LogP contribution in [0, 0.1) is 6.92 Å². The van der Waals surface area contributed by atoms with Crippen molar-refractivity contribution < 1.29 is 4.79 Å². The summed E-state index contributed by atoms with van der Waals surface area (Å²) in [5, 5.41) is 3.09. The van der Waals surface area contributed by atoms with Gasteiger partial charge in [-0.2, -0.15) is 0 Å². The van der Waals surface area contributed by atoms with Gasteiger partial charge in [0.2, 0.25) is 5.91 Å². The number of anilines is 1. The largest absolute Gasteiger partial charge is 0.326 e. The minimum atomic E-state index is 0.0401. The number of carbonyl (C=O) groups is 1. The summed E-state index contributed by atoms with van der Waals surface area (Å²) in [5.74, 6) is 0.600. The molecule has 20 heavy (non-hydrogen) atoms. The molecule has 1 atom stereocenters. The van der Waals surface area contributed by atoms with Crippen molar-refractivity contribution in [1.82, 2.24) is 0 Å². The fourth-order valence-corrected chi connectivity index (χ4v) is 4.54. The highest BCUT2D eigenvalue weighted by molar-refractivity contribution is 5.91. The number of fused-ring (bicyclic) bond motifs is 2. The SMILES string of the molecule is CC(=O)Nc1c(C)ccc2c1C(C)CC21CCCCC1. The molecular weight excluding hydrogens is 246 g/mol. The van der Waals surface area contributed by atoms with Crippen molar-refractivity contribution in [3.63, 3.8) is 0 Å². The zero-order valence-corrected chi connectivity index (χ0v) is 12.9. The van der Waals surface area contributed by atoms with Gasteiger partial charge in [0.25, 0.3) is 0 Å². The smallest absolute Gasteiger partial charge is 0.221 e. The third-order valence-corrected chi connectivity index (χ3v) is 5.33. The Balaban J connectivity index is 2.11. The van der Waals surface area contributed by atoms with E-state index in [0.717, 1.165) is 5.69 Å². The van der Waals surface area contributed by atoms with Gasteiger partial charge in [0.1, 0.15) is 0 Å². The Hall–Kier alpha value is -1.31. The van der Waals surface area contributed by atoms with Gasteiger partial charge in [0.05, 0.1) is 0 Å². The van der Waals surface area contributed by atoms with E-state index in [4.69, 9.17) is 0 Å². The topological polar surface area (TPSA) is 29.1 Å². The van der Waals surface area contributed by atoms with Gasteiger partial charge in [-0.3, -0.25) is 4.79 Å². The molecule has 1 aromatic carbocycles. The molecule has 3 rings (SSSR count). The van der Waals surface area contributed by atoms with Crippen molar-refractivity contribution in [3.05, 3.63) is 28.8 Å². The highest BCUT2D eigenvalue weighted by Gasteiger charge is 2.43. The van der Waals surface area contributed by atoms with E-state index >= 15 is 0 Å². The van der Waals surface area contributed by atoms with Crippen molar-refractivity contribution in [2.45, 2.75) is 70.6 Å². The Morgan fingerprint density at radius 1 is 1.25 bits per heavy atom. The van der Waals surface area contributed by atoms with Gasteiger partial charge in [0.15, 0.2) is 0 Å². The lowest BCUT2D eigenvalue weighted by Gasteiger charge is -2.35. The lowest BCUT2D eigenvalue weighted by Crippen LogP contribution is -2.26. The van der Waals surface area contributed by atoms with Crippen LogP contribution in [0.15, 0.2) is 12.1 Å². The third kappa shape index (κ3) is 2.06. The van der Waals surface area contributed by atoms with Crippen LogP contribution in [0.1, 0.15) is 75.0 Å². The highest BCUT2D eigenvalue weighted by atomic mass is 16.1. The zero-order chi connectivity index (χ0) is 14.3. The number of hydrogen-bond donors (Lipinski definition) is 1. The molecule has 2 heteroatoms. The van der Waals surface area contributed by atoms with Crippen LogP contribution in [0.3, 0.4) is 0 Å². The van der Waals surface area contributed by atoms with Gasteiger partial charge in [-0.1, -0.05) is 38.3 Å². The summed E-state index contributed by atoms with van der Waals surface area (Å²) in [6.45, 7) is 6.03. The number of hydrogen-bond acceptors (Lipinski definition) is 1. The molecule has 0 aliphatic heterocycles. The van der Waals surface area contributed by atoms with Crippen LogP contribution in [0.2, 0.25) is 0 Å². The van der Waals surface area contributed by atoms with E-state index in [0.29, 0.717) is 11.3 Å². The molecule has 0 saturated heterocycles. The first-order valence-electron chi connectivity index (χ1n) is 7.95. The molecular formula is C18H25NO. The molecule has 1 saturated carbocycles. The predicted molar refractivity (Wildman–Crippen MR) is 83.3 cm³/mol. The highest BCUT2D eigenvalue weighted by Crippen LogP contribution is 2.55. The van der Waals surface area contributed by atoms with Crippen LogP contribution in [0.5, 0.6) is 0 Å². The first-order chi connectivity index (χ1) is 9.53. The van der Waals surface area contributed by atoms with Crippen molar-refractivity contribution in [2.75, 3.05) is 5.32 Å². The summed E-state index contributed by atoms with van der Waals surface area (Å²) in [6, 6.07) is 4.53. The van der Waals surface area contributed by atoms with Gasteiger partial charge in [-0.05, 0) is 54.2 Å². The summed E-state index contributed by atoms with van der Waals surface area (Å²) < 4.78 is 0. The zero-order valence-electron chi connectivity index (χ0n) is 12.9. The molecule has 108 valence electrons. The van der Waals surface area contributed by atoms with Crippen LogP contribution in [-0.2, 0) is 10.2 Å². The molecule has 1 unspecified atom stereocenters. The Morgan fingerprint density at radius 2 is 1.95 bits per heavy atom. The molecule has 0 heterocycles. The van der Waals surface area contributed by atoms with E-state index in [9.17, 15) is 4.79 Å². The van der Waals surface area contributed by atoms with Crippen LogP contribution in [0.25, 0.3) is 0 Å². The molecule has 0 aromatic heterocycles. The molecule has 1 spiro atoms. The van der Waals surface area contributed by atoms with E-state index in [-0.39, 0.29) is 5.91 Å². The van der Waals surface area contributed by atoms with Crippen LogP contribution >= 0.6 is 0 Å². The quantitative estimate of drug-likeness (QED) is 0.790. The average Bonchev–Trinajstić information content (AvgIpc) is 2.66. The Labute approximate surface area is 122 Å². The molecule has 2 nitrogen and oxygen atoms in total. The third-order valence-electron chi connectivity index (χ3n) is 5.33. The summed E-state index contributed by atoms with van der Waals surface area (Å²) in [7, 11) is 0. The van der Waals surface area contributed by atoms with Gasteiger partial charge in [-0.15, -0.1) is 0 Å².